The summed E-state index contributed by atoms with van der Waals surface area (Å²) >= 11 is 0. The van der Waals surface area contributed by atoms with Crippen LogP contribution in [0.5, 0.6) is 0 Å². The van der Waals surface area contributed by atoms with E-state index in [1.165, 1.54) is 28.4 Å². The summed E-state index contributed by atoms with van der Waals surface area (Å²) in [5.74, 6) is -2.13. The Morgan fingerprint density at radius 1 is 0.935 bits per heavy atom. The molecule has 0 aromatic rings. The summed E-state index contributed by atoms with van der Waals surface area (Å²) in [6.07, 6.45) is 2.99. The molecular weight excluding hydrogens is 406 g/mol. The van der Waals surface area contributed by atoms with Crippen LogP contribution >= 0.6 is 0 Å². The molecule has 170 valence electrons. The number of fused-ring (bicyclic) bond motifs is 2. The lowest BCUT2D eigenvalue weighted by Gasteiger charge is -2.34. The second kappa shape index (κ2) is 9.11. The van der Waals surface area contributed by atoms with E-state index in [0.717, 1.165) is 17.7 Å². The highest BCUT2D eigenvalue weighted by molar-refractivity contribution is 5.96. The highest BCUT2D eigenvalue weighted by atomic mass is 16.5. The molecule has 0 spiro atoms. The number of carbonyl (C=O) groups excluding carboxylic acids is 4. The van der Waals surface area contributed by atoms with Crippen molar-refractivity contribution in [1.82, 2.24) is 4.90 Å². The Bertz CT molecular complexity index is 858. The summed E-state index contributed by atoms with van der Waals surface area (Å²) in [5.41, 5.74) is 1.28. The summed E-state index contributed by atoms with van der Waals surface area (Å²) < 4.78 is 19.9. The number of esters is 4. The molecule has 3 rings (SSSR count). The number of hydrogen-bond donors (Lipinski definition) is 0. The summed E-state index contributed by atoms with van der Waals surface area (Å²) in [6.45, 7) is 0.680. The predicted molar refractivity (Wildman–Crippen MR) is 107 cm³/mol. The van der Waals surface area contributed by atoms with Gasteiger partial charge in [-0.25, -0.2) is 4.79 Å². The molecule has 0 unspecified atom stereocenters. The van der Waals surface area contributed by atoms with Crippen molar-refractivity contribution >= 4 is 23.9 Å². The predicted octanol–water partition coefficient (Wildman–Crippen LogP) is 1.66. The molecule has 0 aromatic heterocycles. The number of ether oxygens (including phenoxy) is 4. The third-order valence-corrected chi connectivity index (χ3v) is 6.62. The molecule has 3 aliphatic rings. The lowest BCUT2D eigenvalue weighted by molar-refractivity contribution is -0.159. The molecule has 0 N–H and O–H groups in total. The van der Waals surface area contributed by atoms with Gasteiger partial charge in [0.2, 0.25) is 0 Å². The Balaban J connectivity index is 2.25. The van der Waals surface area contributed by atoms with Crippen molar-refractivity contribution in [2.75, 3.05) is 35.0 Å². The molecule has 0 bridgehead atoms. The van der Waals surface area contributed by atoms with Crippen molar-refractivity contribution in [2.45, 2.75) is 51.0 Å². The van der Waals surface area contributed by atoms with Crippen molar-refractivity contribution in [3.63, 3.8) is 0 Å². The zero-order chi connectivity index (χ0) is 22.8. The van der Waals surface area contributed by atoms with Gasteiger partial charge in [-0.05, 0) is 43.3 Å². The number of allylic oxidation sites excluding steroid dienone is 1. The van der Waals surface area contributed by atoms with Crippen molar-refractivity contribution in [1.29, 1.82) is 0 Å². The molecule has 1 fully saturated rings. The van der Waals surface area contributed by atoms with Crippen molar-refractivity contribution in [3.05, 3.63) is 22.4 Å². The molecule has 2 atom stereocenters. The fourth-order valence-corrected chi connectivity index (χ4v) is 5.36. The average Bonchev–Trinajstić information content (AvgIpc) is 3.37. The maximum atomic E-state index is 13.2. The lowest BCUT2D eigenvalue weighted by atomic mass is 9.69. The summed E-state index contributed by atoms with van der Waals surface area (Å²) in [6, 6.07) is -0.269. The minimum absolute atomic E-state index is 0.131. The molecule has 9 heteroatoms. The van der Waals surface area contributed by atoms with Crippen molar-refractivity contribution in [2.24, 2.45) is 5.41 Å². The molecule has 0 aromatic carbocycles. The van der Waals surface area contributed by atoms with E-state index in [2.05, 4.69) is 4.90 Å². The molecule has 0 amide bonds. The number of methoxy groups -OCH3 is 4. The van der Waals surface area contributed by atoms with Crippen molar-refractivity contribution < 1.29 is 38.1 Å². The van der Waals surface area contributed by atoms with Crippen LogP contribution in [0.1, 0.15) is 44.9 Å². The van der Waals surface area contributed by atoms with E-state index in [1.54, 1.807) is 0 Å². The minimum Gasteiger partial charge on any atom is -0.469 e. The third kappa shape index (κ3) is 3.70. The van der Waals surface area contributed by atoms with Gasteiger partial charge in [0.15, 0.2) is 0 Å². The van der Waals surface area contributed by atoms with Gasteiger partial charge in [0.25, 0.3) is 0 Å². The maximum absolute atomic E-state index is 13.2. The van der Waals surface area contributed by atoms with Crippen LogP contribution in [0.2, 0.25) is 0 Å². The van der Waals surface area contributed by atoms with Crippen LogP contribution < -0.4 is 0 Å². The van der Waals surface area contributed by atoms with Crippen LogP contribution in [0.4, 0.5) is 0 Å². The molecule has 1 aliphatic carbocycles. The first-order valence-corrected chi connectivity index (χ1v) is 10.4. The normalized spacial score (nSPS) is 26.1. The Kier molecular flexibility index (Phi) is 6.71. The molecule has 31 heavy (non-hydrogen) atoms. The van der Waals surface area contributed by atoms with Crippen molar-refractivity contribution in [3.8, 4) is 0 Å². The van der Waals surface area contributed by atoms with Crippen LogP contribution in [0.3, 0.4) is 0 Å². The Hall–Kier alpha value is -2.84. The molecule has 2 aliphatic heterocycles. The van der Waals surface area contributed by atoms with Crippen LogP contribution in [-0.4, -0.2) is 69.8 Å². The van der Waals surface area contributed by atoms with E-state index >= 15 is 0 Å². The molecule has 0 saturated carbocycles. The average molecular weight is 435 g/mol. The van der Waals surface area contributed by atoms with Crippen LogP contribution in [0.15, 0.2) is 22.4 Å². The zero-order valence-electron chi connectivity index (χ0n) is 18.4. The molecule has 2 heterocycles. The standard InChI is InChI=1S/C22H29NO8/c1-28-17(24)11-14(20(26)30-3)13-7-5-8-15-19(13)23-10-6-9-16(23)22(15,21(27)31-4)12-18(25)29-2/h16H,5-12H2,1-4H3/b14-13+/t16-,22+/m1/s1. The van der Waals surface area contributed by atoms with Gasteiger partial charge in [-0.2, -0.15) is 0 Å². The largest absolute Gasteiger partial charge is 0.469 e. The molecular formula is C22H29NO8. The fourth-order valence-electron chi connectivity index (χ4n) is 5.36. The van der Waals surface area contributed by atoms with Gasteiger partial charge in [0, 0.05) is 18.3 Å². The lowest BCUT2D eigenvalue weighted by Crippen LogP contribution is -2.46. The second-order valence-corrected chi connectivity index (χ2v) is 7.95. The number of hydrogen-bond acceptors (Lipinski definition) is 9. The first kappa shape index (κ1) is 22.8. The number of carbonyl (C=O) groups is 4. The third-order valence-electron chi connectivity index (χ3n) is 6.62. The number of rotatable bonds is 6. The van der Waals surface area contributed by atoms with E-state index in [-0.39, 0.29) is 24.5 Å². The fraction of sp³-hybridized carbons (Fsp3) is 0.636. The van der Waals surface area contributed by atoms with Gasteiger partial charge in [-0.1, -0.05) is 0 Å². The summed E-state index contributed by atoms with van der Waals surface area (Å²) in [5, 5.41) is 0. The molecule has 1 saturated heterocycles. The van der Waals surface area contributed by atoms with Gasteiger partial charge in [0.1, 0.15) is 5.41 Å². The van der Waals surface area contributed by atoms with E-state index in [1.807, 2.05) is 0 Å². The van der Waals surface area contributed by atoms with Gasteiger partial charge in [-0.15, -0.1) is 0 Å². The summed E-state index contributed by atoms with van der Waals surface area (Å²) in [4.78, 5) is 52.4. The zero-order valence-corrected chi connectivity index (χ0v) is 18.4. The Labute approximate surface area is 181 Å². The van der Waals surface area contributed by atoms with E-state index in [9.17, 15) is 19.2 Å². The summed E-state index contributed by atoms with van der Waals surface area (Å²) in [7, 11) is 5.14. The number of nitrogens with zero attached hydrogens (tertiary/aromatic N) is 1. The minimum atomic E-state index is -1.17. The van der Waals surface area contributed by atoms with Gasteiger partial charge >= 0.3 is 23.9 Å². The van der Waals surface area contributed by atoms with E-state index in [4.69, 9.17) is 18.9 Å². The quantitative estimate of drug-likeness (QED) is 0.349. The first-order valence-electron chi connectivity index (χ1n) is 10.4. The SMILES string of the molecule is COC(=O)C/C(C(=O)OC)=C1/CCCC2=C1N1CCC[C@@H]1[C@@]2(CC(=O)OC)C(=O)OC. The van der Waals surface area contributed by atoms with Gasteiger partial charge in [-0.3, -0.25) is 14.4 Å². The maximum Gasteiger partial charge on any atom is 0.334 e. The van der Waals surface area contributed by atoms with Crippen LogP contribution in [0.25, 0.3) is 0 Å². The highest BCUT2D eigenvalue weighted by Crippen LogP contribution is 2.57. The second-order valence-electron chi connectivity index (χ2n) is 7.95. The topological polar surface area (TPSA) is 108 Å². The monoisotopic (exact) mass is 435 g/mol. The Morgan fingerprint density at radius 2 is 1.65 bits per heavy atom. The smallest absolute Gasteiger partial charge is 0.334 e. The van der Waals surface area contributed by atoms with Crippen LogP contribution in [0, 0.1) is 5.41 Å². The van der Waals surface area contributed by atoms with Gasteiger partial charge in [0.05, 0.1) is 46.9 Å². The Morgan fingerprint density at radius 3 is 2.26 bits per heavy atom. The van der Waals surface area contributed by atoms with Gasteiger partial charge < -0.3 is 23.8 Å². The first-order chi connectivity index (χ1) is 14.8. The molecule has 9 nitrogen and oxygen atoms in total. The van der Waals surface area contributed by atoms with E-state index < -0.39 is 29.3 Å². The van der Waals surface area contributed by atoms with Crippen LogP contribution in [-0.2, 0) is 38.1 Å². The molecule has 0 radical (unpaired) electrons. The highest BCUT2D eigenvalue weighted by Gasteiger charge is 2.61. The van der Waals surface area contributed by atoms with E-state index in [0.29, 0.717) is 37.8 Å².